The summed E-state index contributed by atoms with van der Waals surface area (Å²) < 4.78 is 14.2. The minimum absolute atomic E-state index is 0.0991. The van der Waals surface area contributed by atoms with E-state index in [9.17, 15) is 0 Å². The second kappa shape index (κ2) is 9.16. The Kier molecular flexibility index (Phi) is 6.17. The van der Waals surface area contributed by atoms with Crippen LogP contribution >= 0.6 is 0 Å². The van der Waals surface area contributed by atoms with Crippen molar-refractivity contribution in [1.29, 1.82) is 0 Å². The van der Waals surface area contributed by atoms with Gasteiger partial charge in [-0.2, -0.15) is 0 Å². The summed E-state index contributed by atoms with van der Waals surface area (Å²) in [7, 11) is 0. The molecule has 0 saturated heterocycles. The molecular formula is C24H27N3O2. The second-order valence-corrected chi connectivity index (χ2v) is 6.89. The Hall–Kier alpha value is -2.76. The summed E-state index contributed by atoms with van der Waals surface area (Å²) in [6.07, 6.45) is 2.68. The lowest BCUT2D eigenvalue weighted by molar-refractivity contribution is 0.0476. The molecule has 150 valence electrons. The number of aromatic nitrogens is 3. The van der Waals surface area contributed by atoms with Crippen LogP contribution in [0.25, 0.3) is 21.9 Å². The minimum Gasteiger partial charge on any atom is -0.379 e. The lowest BCUT2D eigenvalue weighted by Crippen LogP contribution is -2.20. The lowest BCUT2D eigenvalue weighted by atomic mass is 10.2. The number of pyridine rings is 1. The second-order valence-electron chi connectivity index (χ2n) is 6.89. The van der Waals surface area contributed by atoms with Gasteiger partial charge in [0, 0.05) is 11.8 Å². The molecule has 0 fully saturated rings. The molecule has 0 unspecified atom stereocenters. The number of fused-ring (bicyclic) bond motifs is 5. The van der Waals surface area contributed by atoms with E-state index >= 15 is 0 Å². The van der Waals surface area contributed by atoms with Gasteiger partial charge in [0.2, 0.25) is 0 Å². The molecule has 3 heterocycles. The van der Waals surface area contributed by atoms with Gasteiger partial charge in [-0.1, -0.05) is 62.4 Å². The molecule has 2 aromatic heterocycles. The van der Waals surface area contributed by atoms with Crippen LogP contribution in [0.2, 0.25) is 0 Å². The molecule has 4 aromatic rings. The Labute approximate surface area is 171 Å². The molecule has 5 nitrogen and oxygen atoms in total. The Morgan fingerprint density at radius 3 is 2.69 bits per heavy atom. The summed E-state index contributed by atoms with van der Waals surface area (Å²) in [5.41, 5.74) is 4.24. The zero-order chi connectivity index (χ0) is 20.1. The summed E-state index contributed by atoms with van der Waals surface area (Å²) in [6, 6.07) is 18.6. The third-order valence-corrected chi connectivity index (χ3v) is 5.06. The van der Waals surface area contributed by atoms with Crippen LogP contribution < -0.4 is 0 Å². The lowest BCUT2D eigenvalue weighted by Gasteiger charge is -2.19. The SMILES string of the molecule is CC.c1ccc(COC[C@H]2COCCc3nc4cnc5ccccc5c4n32)cc1. The third-order valence-electron chi connectivity index (χ3n) is 5.06. The molecule has 0 N–H and O–H groups in total. The van der Waals surface area contributed by atoms with Gasteiger partial charge in [-0.05, 0) is 11.6 Å². The van der Waals surface area contributed by atoms with Crippen LogP contribution in [0.1, 0.15) is 31.3 Å². The first-order valence-electron chi connectivity index (χ1n) is 10.3. The average molecular weight is 389 g/mol. The summed E-state index contributed by atoms with van der Waals surface area (Å²) in [6.45, 7) is 6.50. The number of ether oxygens (including phenoxy) is 2. The number of rotatable bonds is 4. The van der Waals surface area contributed by atoms with Gasteiger partial charge in [-0.15, -0.1) is 0 Å². The van der Waals surface area contributed by atoms with E-state index in [0.29, 0.717) is 26.4 Å². The molecule has 1 aliphatic rings. The van der Waals surface area contributed by atoms with Crippen molar-refractivity contribution in [2.75, 3.05) is 19.8 Å². The highest BCUT2D eigenvalue weighted by atomic mass is 16.5. The predicted octanol–water partition coefficient (Wildman–Crippen LogP) is 4.94. The van der Waals surface area contributed by atoms with Crippen molar-refractivity contribution in [3.63, 3.8) is 0 Å². The van der Waals surface area contributed by atoms with Gasteiger partial charge >= 0.3 is 0 Å². The molecule has 0 spiro atoms. The Balaban J connectivity index is 0.000000994. The van der Waals surface area contributed by atoms with Crippen LogP contribution in [0.3, 0.4) is 0 Å². The molecule has 1 aliphatic heterocycles. The molecule has 0 saturated carbocycles. The molecule has 0 aliphatic carbocycles. The smallest absolute Gasteiger partial charge is 0.112 e. The normalized spacial score (nSPS) is 16.1. The van der Waals surface area contributed by atoms with Gasteiger partial charge in [-0.3, -0.25) is 4.98 Å². The van der Waals surface area contributed by atoms with E-state index in [0.717, 1.165) is 34.2 Å². The Bertz CT molecular complexity index is 1080. The van der Waals surface area contributed by atoms with Gasteiger partial charge in [0.05, 0.1) is 49.7 Å². The topological polar surface area (TPSA) is 49.2 Å². The van der Waals surface area contributed by atoms with Crippen molar-refractivity contribution in [3.05, 3.63) is 72.2 Å². The largest absolute Gasteiger partial charge is 0.379 e. The first-order chi connectivity index (χ1) is 14.4. The summed E-state index contributed by atoms with van der Waals surface area (Å²) in [4.78, 5) is 9.41. The predicted molar refractivity (Wildman–Crippen MR) is 116 cm³/mol. The summed E-state index contributed by atoms with van der Waals surface area (Å²) in [5.74, 6) is 1.05. The van der Waals surface area contributed by atoms with Gasteiger partial charge < -0.3 is 14.0 Å². The number of para-hydroxylation sites is 1. The molecule has 0 amide bonds. The van der Waals surface area contributed by atoms with Crippen LogP contribution in [-0.2, 0) is 22.5 Å². The highest BCUT2D eigenvalue weighted by Crippen LogP contribution is 2.29. The fraction of sp³-hybridized carbons (Fsp3) is 0.333. The zero-order valence-electron chi connectivity index (χ0n) is 17.0. The molecule has 2 aromatic carbocycles. The number of hydrogen-bond donors (Lipinski definition) is 0. The van der Waals surface area contributed by atoms with Crippen molar-refractivity contribution in [1.82, 2.24) is 14.5 Å². The summed E-state index contributed by atoms with van der Waals surface area (Å²) >= 11 is 0. The minimum atomic E-state index is 0.0991. The molecule has 29 heavy (non-hydrogen) atoms. The van der Waals surface area contributed by atoms with E-state index in [1.807, 2.05) is 50.4 Å². The fourth-order valence-electron chi connectivity index (χ4n) is 3.81. The molecule has 1 atom stereocenters. The van der Waals surface area contributed by atoms with Crippen molar-refractivity contribution < 1.29 is 9.47 Å². The highest BCUT2D eigenvalue weighted by molar-refractivity contribution is 6.02. The molecular weight excluding hydrogens is 362 g/mol. The van der Waals surface area contributed by atoms with Gasteiger partial charge in [-0.25, -0.2) is 4.98 Å². The van der Waals surface area contributed by atoms with E-state index in [4.69, 9.17) is 14.5 Å². The zero-order valence-corrected chi connectivity index (χ0v) is 17.0. The van der Waals surface area contributed by atoms with E-state index in [1.165, 1.54) is 5.56 Å². The first-order valence-corrected chi connectivity index (χ1v) is 10.3. The molecule has 0 bridgehead atoms. The standard InChI is InChI=1S/C22H21N3O2.C2H6/c1-2-6-16(7-3-1)13-27-15-17-14-26-11-10-21-24-20-12-23-19-9-5-4-8-18(19)22(20)25(17)21;1-2/h1-9,12,17H,10-11,13-15H2;1-2H3/t17-;/m1./s1. The quantitative estimate of drug-likeness (QED) is 0.496. The van der Waals surface area contributed by atoms with Crippen molar-refractivity contribution >= 4 is 21.9 Å². The maximum atomic E-state index is 6.06. The number of nitrogens with zero attached hydrogens (tertiary/aromatic N) is 3. The van der Waals surface area contributed by atoms with Crippen molar-refractivity contribution in [2.45, 2.75) is 32.9 Å². The molecule has 0 radical (unpaired) electrons. The van der Waals surface area contributed by atoms with Crippen LogP contribution in [-0.4, -0.2) is 34.4 Å². The van der Waals surface area contributed by atoms with Gasteiger partial charge in [0.25, 0.3) is 0 Å². The van der Waals surface area contributed by atoms with Crippen LogP contribution in [0.15, 0.2) is 60.8 Å². The van der Waals surface area contributed by atoms with E-state index in [1.54, 1.807) is 0 Å². The molecule has 5 rings (SSSR count). The van der Waals surface area contributed by atoms with E-state index in [2.05, 4.69) is 33.8 Å². The maximum absolute atomic E-state index is 6.06. The van der Waals surface area contributed by atoms with Crippen molar-refractivity contribution in [2.24, 2.45) is 0 Å². The molecule has 5 heteroatoms. The van der Waals surface area contributed by atoms with E-state index < -0.39 is 0 Å². The van der Waals surface area contributed by atoms with E-state index in [-0.39, 0.29) is 6.04 Å². The number of benzene rings is 2. The monoisotopic (exact) mass is 389 g/mol. The Morgan fingerprint density at radius 1 is 1.03 bits per heavy atom. The average Bonchev–Trinajstić information content (AvgIpc) is 3.05. The van der Waals surface area contributed by atoms with Gasteiger partial charge in [0.1, 0.15) is 11.3 Å². The number of hydrogen-bond acceptors (Lipinski definition) is 4. The maximum Gasteiger partial charge on any atom is 0.112 e. The highest BCUT2D eigenvalue weighted by Gasteiger charge is 2.24. The van der Waals surface area contributed by atoms with Crippen LogP contribution in [0, 0.1) is 0 Å². The first kappa shape index (κ1) is 19.6. The fourth-order valence-corrected chi connectivity index (χ4v) is 3.81. The third kappa shape index (κ3) is 4.02. The van der Waals surface area contributed by atoms with Crippen LogP contribution in [0.5, 0.6) is 0 Å². The Morgan fingerprint density at radius 2 is 1.83 bits per heavy atom. The summed E-state index contributed by atoms with van der Waals surface area (Å²) in [5, 5.41) is 1.13. The number of imidazole rings is 1. The van der Waals surface area contributed by atoms with Crippen LogP contribution in [0.4, 0.5) is 0 Å². The van der Waals surface area contributed by atoms with Gasteiger partial charge in [0.15, 0.2) is 0 Å². The van der Waals surface area contributed by atoms with Crippen molar-refractivity contribution in [3.8, 4) is 0 Å².